The van der Waals surface area contributed by atoms with Gasteiger partial charge in [-0.3, -0.25) is 9.69 Å². The average Bonchev–Trinajstić information content (AvgIpc) is 2.94. The second-order valence-electron chi connectivity index (χ2n) is 10.5. The standard InChI is InChI=1S/C28H38ClN5O3/c29-24-7-9-25(10-8-24)36-22-28(17-26(35)33-11-3-1-4-12-33)21-32(15-16-37-28)20-23-18-30-27(31-19-23)34-13-5-2-6-14-34/h7-10,18-19H,1-6,11-17,20-22H2/t28-/m0/s1. The van der Waals surface area contributed by atoms with Crippen molar-refractivity contribution in [3.8, 4) is 5.75 Å². The van der Waals surface area contributed by atoms with Crippen molar-refractivity contribution in [2.45, 2.75) is 57.1 Å². The van der Waals surface area contributed by atoms with Gasteiger partial charge in [-0.15, -0.1) is 0 Å². The third-order valence-corrected chi connectivity index (χ3v) is 7.81. The van der Waals surface area contributed by atoms with Gasteiger partial charge in [-0.2, -0.15) is 0 Å². The van der Waals surface area contributed by atoms with Gasteiger partial charge in [-0.1, -0.05) is 11.6 Å². The molecule has 3 saturated heterocycles. The van der Waals surface area contributed by atoms with Crippen molar-refractivity contribution in [3.63, 3.8) is 0 Å². The third kappa shape index (κ3) is 7.12. The van der Waals surface area contributed by atoms with E-state index >= 15 is 0 Å². The molecule has 0 unspecified atom stereocenters. The van der Waals surface area contributed by atoms with Gasteiger partial charge in [0.2, 0.25) is 11.9 Å². The number of aromatic nitrogens is 2. The summed E-state index contributed by atoms with van der Waals surface area (Å²) >= 11 is 6.04. The van der Waals surface area contributed by atoms with E-state index in [9.17, 15) is 4.79 Å². The molecule has 2 aromatic rings. The molecule has 0 N–H and O–H groups in total. The van der Waals surface area contributed by atoms with Crippen LogP contribution in [0.25, 0.3) is 0 Å². The highest BCUT2D eigenvalue weighted by molar-refractivity contribution is 6.30. The zero-order valence-electron chi connectivity index (χ0n) is 21.6. The molecule has 0 aliphatic carbocycles. The van der Waals surface area contributed by atoms with Crippen molar-refractivity contribution < 1.29 is 14.3 Å². The summed E-state index contributed by atoms with van der Waals surface area (Å²) < 4.78 is 12.5. The lowest BCUT2D eigenvalue weighted by molar-refractivity contribution is -0.157. The number of carbonyl (C=O) groups is 1. The first-order valence-electron chi connectivity index (χ1n) is 13.7. The van der Waals surface area contributed by atoms with E-state index in [1.54, 1.807) is 0 Å². The molecule has 5 rings (SSSR count). The molecule has 4 heterocycles. The van der Waals surface area contributed by atoms with Crippen LogP contribution in [0, 0.1) is 0 Å². The Morgan fingerprint density at radius 2 is 1.62 bits per heavy atom. The average molecular weight is 528 g/mol. The first kappa shape index (κ1) is 26.2. The van der Waals surface area contributed by atoms with Gasteiger partial charge in [-0.25, -0.2) is 9.97 Å². The zero-order chi connectivity index (χ0) is 25.5. The quantitative estimate of drug-likeness (QED) is 0.510. The highest BCUT2D eigenvalue weighted by atomic mass is 35.5. The number of hydrogen-bond donors (Lipinski definition) is 0. The second-order valence-corrected chi connectivity index (χ2v) is 11.0. The number of likely N-dealkylation sites (tertiary alicyclic amines) is 1. The summed E-state index contributed by atoms with van der Waals surface area (Å²) in [5.74, 6) is 1.69. The number of morpholine rings is 1. The molecule has 0 spiro atoms. The Kier molecular flexibility index (Phi) is 8.79. The van der Waals surface area contributed by atoms with Gasteiger partial charge in [0, 0.05) is 68.8 Å². The number of benzene rings is 1. The van der Waals surface area contributed by atoms with Crippen LogP contribution in [0.3, 0.4) is 0 Å². The zero-order valence-corrected chi connectivity index (χ0v) is 22.4. The Morgan fingerprint density at radius 1 is 0.946 bits per heavy atom. The number of anilines is 1. The van der Waals surface area contributed by atoms with Crippen molar-refractivity contribution >= 4 is 23.5 Å². The van der Waals surface area contributed by atoms with Gasteiger partial charge in [0.25, 0.3) is 0 Å². The summed E-state index contributed by atoms with van der Waals surface area (Å²) in [5.41, 5.74) is 0.346. The van der Waals surface area contributed by atoms with Crippen LogP contribution < -0.4 is 9.64 Å². The summed E-state index contributed by atoms with van der Waals surface area (Å²) in [4.78, 5) is 29.2. The van der Waals surface area contributed by atoms with Gasteiger partial charge in [0.15, 0.2) is 0 Å². The fourth-order valence-corrected chi connectivity index (χ4v) is 5.65. The van der Waals surface area contributed by atoms with Crippen molar-refractivity contribution in [1.29, 1.82) is 0 Å². The second kappa shape index (κ2) is 12.4. The van der Waals surface area contributed by atoms with Crippen molar-refractivity contribution in [2.75, 3.05) is 57.4 Å². The van der Waals surface area contributed by atoms with Gasteiger partial charge in [0.1, 0.15) is 18.0 Å². The highest BCUT2D eigenvalue weighted by Crippen LogP contribution is 2.28. The summed E-state index contributed by atoms with van der Waals surface area (Å²) in [6.45, 7) is 6.68. The lowest BCUT2D eigenvalue weighted by Gasteiger charge is -2.43. The molecule has 0 bridgehead atoms. The molecule has 8 nitrogen and oxygen atoms in total. The van der Waals surface area contributed by atoms with Crippen LogP contribution in [0.15, 0.2) is 36.7 Å². The number of halogens is 1. The molecule has 1 aromatic heterocycles. The molecular formula is C28H38ClN5O3. The fraction of sp³-hybridized carbons (Fsp3) is 0.607. The van der Waals surface area contributed by atoms with Crippen LogP contribution in [0.1, 0.15) is 50.5 Å². The molecule has 1 amide bonds. The van der Waals surface area contributed by atoms with E-state index in [2.05, 4.69) is 19.8 Å². The molecule has 0 saturated carbocycles. The summed E-state index contributed by atoms with van der Waals surface area (Å²) in [6.07, 6.45) is 11.2. The lowest BCUT2D eigenvalue weighted by Crippen LogP contribution is -2.57. The number of nitrogens with zero attached hydrogens (tertiary/aromatic N) is 5. The highest BCUT2D eigenvalue weighted by Gasteiger charge is 2.41. The smallest absolute Gasteiger partial charge is 0.225 e. The van der Waals surface area contributed by atoms with E-state index in [0.29, 0.717) is 37.7 Å². The van der Waals surface area contributed by atoms with Gasteiger partial charge in [0.05, 0.1) is 13.0 Å². The van der Waals surface area contributed by atoms with E-state index in [1.165, 1.54) is 25.7 Å². The van der Waals surface area contributed by atoms with Crippen LogP contribution in [-0.4, -0.2) is 83.8 Å². The number of rotatable bonds is 8. The minimum Gasteiger partial charge on any atom is -0.491 e. The van der Waals surface area contributed by atoms with Crippen LogP contribution in [0.4, 0.5) is 5.95 Å². The van der Waals surface area contributed by atoms with E-state index in [4.69, 9.17) is 21.1 Å². The maximum atomic E-state index is 13.3. The number of carbonyl (C=O) groups excluding carboxylic acids is 1. The Morgan fingerprint density at radius 3 is 2.32 bits per heavy atom. The molecule has 9 heteroatoms. The number of ether oxygens (including phenoxy) is 2. The van der Waals surface area contributed by atoms with Gasteiger partial charge >= 0.3 is 0 Å². The molecule has 3 aliphatic rings. The summed E-state index contributed by atoms with van der Waals surface area (Å²) in [6, 6.07) is 7.32. The van der Waals surface area contributed by atoms with E-state index in [1.807, 2.05) is 41.6 Å². The SMILES string of the molecule is O=C(C[C@@]1(COc2ccc(Cl)cc2)CN(Cc2cnc(N3CCCCC3)nc2)CCO1)N1CCCCC1. The molecule has 3 fully saturated rings. The molecule has 3 aliphatic heterocycles. The van der Waals surface area contributed by atoms with E-state index < -0.39 is 5.60 Å². The normalized spacial score (nSPS) is 23.2. The van der Waals surface area contributed by atoms with Crippen molar-refractivity contribution in [2.24, 2.45) is 0 Å². The lowest BCUT2D eigenvalue weighted by atomic mass is 9.96. The first-order valence-corrected chi connectivity index (χ1v) is 14.0. The largest absolute Gasteiger partial charge is 0.491 e. The summed E-state index contributed by atoms with van der Waals surface area (Å²) in [5, 5.41) is 0.663. The van der Waals surface area contributed by atoms with Gasteiger partial charge < -0.3 is 19.3 Å². The molecule has 37 heavy (non-hydrogen) atoms. The Balaban J connectivity index is 1.26. The minimum absolute atomic E-state index is 0.149. The predicted octanol–water partition coefficient (Wildman–Crippen LogP) is 4.17. The first-order chi connectivity index (χ1) is 18.1. The topological polar surface area (TPSA) is 71.0 Å². The number of piperidine rings is 2. The maximum Gasteiger partial charge on any atom is 0.225 e. The Labute approximate surface area is 224 Å². The molecule has 1 atom stereocenters. The molecule has 1 aromatic carbocycles. The van der Waals surface area contributed by atoms with Crippen LogP contribution in [0.2, 0.25) is 5.02 Å². The van der Waals surface area contributed by atoms with Crippen molar-refractivity contribution in [3.05, 3.63) is 47.2 Å². The third-order valence-electron chi connectivity index (χ3n) is 7.56. The summed E-state index contributed by atoms with van der Waals surface area (Å²) in [7, 11) is 0. The number of hydrogen-bond acceptors (Lipinski definition) is 7. The molecule has 0 radical (unpaired) electrons. The minimum atomic E-state index is -0.721. The van der Waals surface area contributed by atoms with Crippen LogP contribution in [-0.2, 0) is 16.1 Å². The van der Waals surface area contributed by atoms with E-state index in [0.717, 1.165) is 62.8 Å². The van der Waals surface area contributed by atoms with Crippen LogP contribution in [0.5, 0.6) is 5.75 Å². The Bertz CT molecular complexity index is 1010. The van der Waals surface area contributed by atoms with E-state index in [-0.39, 0.29) is 5.91 Å². The van der Waals surface area contributed by atoms with Crippen LogP contribution >= 0.6 is 11.6 Å². The predicted molar refractivity (Wildman–Crippen MR) is 144 cm³/mol. The van der Waals surface area contributed by atoms with Crippen molar-refractivity contribution in [1.82, 2.24) is 19.8 Å². The molecule has 200 valence electrons. The fourth-order valence-electron chi connectivity index (χ4n) is 5.53. The number of amides is 1. The van der Waals surface area contributed by atoms with Gasteiger partial charge in [-0.05, 0) is 62.8 Å². The molecular weight excluding hydrogens is 490 g/mol. The monoisotopic (exact) mass is 527 g/mol. The maximum absolute atomic E-state index is 13.3. The Hall–Kier alpha value is -2.42.